The minimum Gasteiger partial charge on any atom is -0.478 e. The predicted molar refractivity (Wildman–Crippen MR) is 72.2 cm³/mol. The zero-order chi connectivity index (χ0) is 12.1. The summed E-state index contributed by atoms with van der Waals surface area (Å²) in [6, 6.07) is 11.5. The highest BCUT2D eigenvalue weighted by Crippen LogP contribution is 2.25. The van der Waals surface area contributed by atoms with E-state index in [1.165, 1.54) is 23.1 Å². The van der Waals surface area contributed by atoms with Gasteiger partial charge in [-0.15, -0.1) is 0 Å². The summed E-state index contributed by atoms with van der Waals surface area (Å²) in [4.78, 5) is 12.2. The molecule has 0 radical (unpaired) electrons. The summed E-state index contributed by atoms with van der Waals surface area (Å²) in [5.74, 6) is -0.896. The highest BCUT2D eigenvalue weighted by molar-refractivity contribution is 8.02. The van der Waals surface area contributed by atoms with Crippen LogP contribution in [0.3, 0.4) is 0 Å². The second-order valence-electron chi connectivity index (χ2n) is 3.28. The van der Waals surface area contributed by atoms with E-state index in [1.807, 2.05) is 47.2 Å². The van der Waals surface area contributed by atoms with Crippen LogP contribution in [0.25, 0.3) is 5.57 Å². The number of aliphatic carboxylic acids is 1. The molecule has 0 unspecified atom stereocenters. The van der Waals surface area contributed by atoms with Crippen molar-refractivity contribution in [3.8, 4) is 0 Å². The molecule has 1 aromatic heterocycles. The Bertz CT molecular complexity index is 516. The van der Waals surface area contributed by atoms with E-state index in [2.05, 4.69) is 0 Å². The number of carboxylic acids is 1. The van der Waals surface area contributed by atoms with Gasteiger partial charge in [-0.2, -0.15) is 11.3 Å². The van der Waals surface area contributed by atoms with Crippen molar-refractivity contribution in [1.29, 1.82) is 0 Å². The van der Waals surface area contributed by atoms with Crippen molar-refractivity contribution in [2.75, 3.05) is 0 Å². The molecule has 4 heteroatoms. The van der Waals surface area contributed by atoms with E-state index in [0.29, 0.717) is 5.57 Å². The number of thioether (sulfide) groups is 1. The van der Waals surface area contributed by atoms with E-state index < -0.39 is 5.97 Å². The molecule has 0 aliphatic carbocycles. The van der Waals surface area contributed by atoms with Crippen LogP contribution in [0, 0.1) is 0 Å². The third-order valence-corrected chi connectivity index (χ3v) is 3.70. The number of rotatable bonds is 4. The fraction of sp³-hybridized carbons (Fsp3) is 0. The molecule has 0 bridgehead atoms. The summed E-state index contributed by atoms with van der Waals surface area (Å²) >= 11 is 2.91. The monoisotopic (exact) mass is 262 g/mol. The molecule has 0 amide bonds. The Morgan fingerprint density at radius 2 is 2.00 bits per heavy atom. The lowest BCUT2D eigenvalue weighted by atomic mass is 10.2. The molecule has 1 aromatic carbocycles. The maximum absolute atomic E-state index is 11.1. The van der Waals surface area contributed by atoms with Crippen LogP contribution < -0.4 is 0 Å². The van der Waals surface area contributed by atoms with Crippen LogP contribution >= 0.6 is 23.1 Å². The van der Waals surface area contributed by atoms with Gasteiger partial charge in [0.05, 0.1) is 5.57 Å². The van der Waals surface area contributed by atoms with Crippen LogP contribution in [-0.2, 0) is 4.79 Å². The summed E-state index contributed by atoms with van der Waals surface area (Å²) in [5, 5.41) is 14.5. The topological polar surface area (TPSA) is 37.3 Å². The first-order valence-corrected chi connectivity index (χ1v) is 6.77. The molecule has 1 N–H and O–H groups in total. The third kappa shape index (κ3) is 3.22. The second kappa shape index (κ2) is 5.70. The van der Waals surface area contributed by atoms with Gasteiger partial charge in [0, 0.05) is 10.5 Å². The van der Waals surface area contributed by atoms with Crippen LogP contribution in [0.2, 0.25) is 0 Å². The molecule has 17 heavy (non-hydrogen) atoms. The Kier molecular flexibility index (Phi) is 4.01. The Balaban J connectivity index is 2.21. The largest absolute Gasteiger partial charge is 0.478 e. The van der Waals surface area contributed by atoms with Gasteiger partial charge in [0.1, 0.15) is 0 Å². The normalized spacial score (nSPS) is 11.4. The van der Waals surface area contributed by atoms with E-state index in [0.717, 1.165) is 10.5 Å². The van der Waals surface area contributed by atoms with Crippen molar-refractivity contribution in [1.82, 2.24) is 0 Å². The second-order valence-corrected chi connectivity index (χ2v) is 5.00. The molecule has 1 heterocycles. The lowest BCUT2D eigenvalue weighted by Gasteiger charge is -1.99. The highest BCUT2D eigenvalue weighted by atomic mass is 32.2. The van der Waals surface area contributed by atoms with Gasteiger partial charge in [-0.3, -0.25) is 0 Å². The first kappa shape index (κ1) is 12.0. The quantitative estimate of drug-likeness (QED) is 0.669. The standard InChI is InChI=1S/C13H10O2S2/c14-13(15)12(10-6-7-16-8-10)9-17-11-4-2-1-3-5-11/h1-9H,(H,14,15)/b12-9-. The summed E-state index contributed by atoms with van der Waals surface area (Å²) in [7, 11) is 0. The molecule has 0 saturated carbocycles. The summed E-state index contributed by atoms with van der Waals surface area (Å²) in [6.07, 6.45) is 0. The predicted octanol–water partition coefficient (Wildman–Crippen LogP) is 3.97. The zero-order valence-electron chi connectivity index (χ0n) is 8.87. The van der Waals surface area contributed by atoms with Crippen LogP contribution in [0.5, 0.6) is 0 Å². The Labute approximate surface area is 108 Å². The molecule has 0 aliphatic rings. The SMILES string of the molecule is O=C(O)/C(=C\Sc1ccccc1)c1ccsc1. The first-order valence-electron chi connectivity index (χ1n) is 4.95. The molecule has 2 aromatic rings. The van der Waals surface area contributed by atoms with E-state index in [-0.39, 0.29) is 0 Å². The van der Waals surface area contributed by atoms with E-state index in [1.54, 1.807) is 5.41 Å². The summed E-state index contributed by atoms with van der Waals surface area (Å²) < 4.78 is 0. The minimum atomic E-state index is -0.896. The molecule has 0 aliphatic heterocycles. The van der Waals surface area contributed by atoms with E-state index in [4.69, 9.17) is 5.11 Å². The van der Waals surface area contributed by atoms with Crippen LogP contribution in [-0.4, -0.2) is 11.1 Å². The van der Waals surface area contributed by atoms with Gasteiger partial charge in [0.15, 0.2) is 0 Å². The fourth-order valence-corrected chi connectivity index (χ4v) is 2.75. The average Bonchev–Trinajstić information content (AvgIpc) is 2.84. The third-order valence-electron chi connectivity index (χ3n) is 2.12. The number of hydrogen-bond donors (Lipinski definition) is 1. The molecular weight excluding hydrogens is 252 g/mol. The molecule has 0 saturated heterocycles. The number of hydrogen-bond acceptors (Lipinski definition) is 3. The summed E-state index contributed by atoms with van der Waals surface area (Å²) in [6.45, 7) is 0. The lowest BCUT2D eigenvalue weighted by molar-refractivity contribution is -0.130. The molecular formula is C13H10O2S2. The number of thiophene rings is 1. The maximum Gasteiger partial charge on any atom is 0.336 e. The highest BCUT2D eigenvalue weighted by Gasteiger charge is 2.10. The zero-order valence-corrected chi connectivity index (χ0v) is 10.5. The van der Waals surface area contributed by atoms with Crippen LogP contribution in [0.1, 0.15) is 5.56 Å². The van der Waals surface area contributed by atoms with Crippen molar-refractivity contribution in [2.45, 2.75) is 4.90 Å². The molecule has 0 atom stereocenters. The smallest absolute Gasteiger partial charge is 0.336 e. The molecule has 2 rings (SSSR count). The molecule has 2 nitrogen and oxygen atoms in total. The van der Waals surface area contributed by atoms with Crippen molar-refractivity contribution >= 4 is 34.6 Å². The van der Waals surface area contributed by atoms with E-state index >= 15 is 0 Å². The fourth-order valence-electron chi connectivity index (χ4n) is 1.29. The molecule has 86 valence electrons. The van der Waals surface area contributed by atoms with Crippen LogP contribution in [0.15, 0.2) is 57.5 Å². The maximum atomic E-state index is 11.1. The van der Waals surface area contributed by atoms with Gasteiger partial charge in [-0.1, -0.05) is 30.0 Å². The van der Waals surface area contributed by atoms with Gasteiger partial charge < -0.3 is 5.11 Å². The van der Waals surface area contributed by atoms with Gasteiger partial charge in [-0.05, 0) is 34.4 Å². The minimum absolute atomic E-state index is 0.333. The number of carboxylic acid groups (broad SMARTS) is 1. The van der Waals surface area contributed by atoms with Gasteiger partial charge in [0.2, 0.25) is 0 Å². The Morgan fingerprint density at radius 3 is 2.59 bits per heavy atom. The van der Waals surface area contributed by atoms with Crippen molar-refractivity contribution in [3.63, 3.8) is 0 Å². The molecule has 0 fully saturated rings. The van der Waals surface area contributed by atoms with Gasteiger partial charge >= 0.3 is 5.97 Å². The van der Waals surface area contributed by atoms with Gasteiger partial charge in [0.25, 0.3) is 0 Å². The molecule has 0 spiro atoms. The van der Waals surface area contributed by atoms with Crippen molar-refractivity contribution in [2.24, 2.45) is 0 Å². The lowest BCUT2D eigenvalue weighted by Crippen LogP contribution is -1.97. The Hall–Kier alpha value is -1.52. The van der Waals surface area contributed by atoms with Crippen LogP contribution in [0.4, 0.5) is 0 Å². The van der Waals surface area contributed by atoms with Crippen molar-refractivity contribution < 1.29 is 9.90 Å². The number of carbonyl (C=O) groups is 1. The van der Waals surface area contributed by atoms with E-state index in [9.17, 15) is 4.79 Å². The summed E-state index contributed by atoms with van der Waals surface area (Å²) in [5.41, 5.74) is 1.09. The first-order chi connectivity index (χ1) is 8.27. The van der Waals surface area contributed by atoms with Crippen molar-refractivity contribution in [3.05, 3.63) is 58.1 Å². The number of benzene rings is 1. The van der Waals surface area contributed by atoms with Gasteiger partial charge in [-0.25, -0.2) is 4.79 Å². The average molecular weight is 262 g/mol. The Morgan fingerprint density at radius 1 is 1.24 bits per heavy atom.